The molecule has 1 fully saturated rings. The molecule has 0 radical (unpaired) electrons. The van der Waals surface area contributed by atoms with Crippen LogP contribution in [0.4, 0.5) is 5.69 Å². The molecule has 0 aromatic heterocycles. The Labute approximate surface area is 119 Å². The largest absolute Gasteiger partial charge is 0.387 e. The number of para-hydroxylation sites is 1. The number of benzene rings is 1. The van der Waals surface area contributed by atoms with Gasteiger partial charge in [0.15, 0.2) is 0 Å². The van der Waals surface area contributed by atoms with E-state index in [1.807, 2.05) is 18.2 Å². The first-order valence-electron chi connectivity index (χ1n) is 6.74. The summed E-state index contributed by atoms with van der Waals surface area (Å²) in [5.74, 6) is -0.138. The summed E-state index contributed by atoms with van der Waals surface area (Å²) in [5, 5.41) is 3.02. The zero-order valence-electron chi connectivity index (χ0n) is 12.4. The summed E-state index contributed by atoms with van der Waals surface area (Å²) >= 11 is 0. The lowest BCUT2D eigenvalue weighted by molar-refractivity contribution is -0.144. The van der Waals surface area contributed by atoms with E-state index in [1.54, 1.807) is 43.8 Å². The van der Waals surface area contributed by atoms with Crippen molar-refractivity contribution in [2.45, 2.75) is 19.4 Å². The van der Waals surface area contributed by atoms with Crippen LogP contribution >= 0.6 is 0 Å². The summed E-state index contributed by atoms with van der Waals surface area (Å²) in [6.45, 7) is 4.71. The number of hydrogen-bond donors (Lipinski definition) is 1. The van der Waals surface area contributed by atoms with Gasteiger partial charge in [-0.1, -0.05) is 12.1 Å². The summed E-state index contributed by atoms with van der Waals surface area (Å²) < 4.78 is 0. The molecule has 0 unspecified atom stereocenters. The Bertz CT molecular complexity index is 540. The number of piperazine rings is 1. The van der Waals surface area contributed by atoms with Crippen molar-refractivity contribution in [3.05, 3.63) is 29.8 Å². The molecular formula is C15H21N3O2. The van der Waals surface area contributed by atoms with Gasteiger partial charge >= 0.3 is 0 Å². The predicted molar refractivity (Wildman–Crippen MR) is 78.7 cm³/mol. The van der Waals surface area contributed by atoms with Gasteiger partial charge in [0.05, 0.1) is 5.56 Å². The second-order valence-corrected chi connectivity index (χ2v) is 5.54. The third kappa shape index (κ3) is 2.24. The smallest absolute Gasteiger partial charge is 0.256 e. The van der Waals surface area contributed by atoms with Crippen LogP contribution in [0.5, 0.6) is 0 Å². The topological polar surface area (TPSA) is 52.7 Å². The Morgan fingerprint density at radius 1 is 1.25 bits per heavy atom. The number of nitrogens with zero attached hydrogens (tertiary/aromatic N) is 2. The average Bonchev–Trinajstić information content (AvgIpc) is 2.44. The number of anilines is 1. The first kappa shape index (κ1) is 14.4. The van der Waals surface area contributed by atoms with Crippen LogP contribution in [-0.4, -0.2) is 54.3 Å². The Balaban J connectivity index is 2.36. The molecule has 5 heteroatoms. The number of likely N-dealkylation sites (N-methyl/N-ethyl adjacent to an activating group) is 1. The molecular weight excluding hydrogens is 254 g/mol. The molecule has 2 rings (SSSR count). The van der Waals surface area contributed by atoms with E-state index in [0.717, 1.165) is 5.69 Å². The van der Waals surface area contributed by atoms with Crippen molar-refractivity contribution in [3.63, 3.8) is 0 Å². The first-order valence-corrected chi connectivity index (χ1v) is 6.74. The number of carbonyl (C=O) groups excluding carboxylic acids is 2. The van der Waals surface area contributed by atoms with E-state index >= 15 is 0 Å². The standard InChI is InChI=1S/C15H21N3O2/c1-15(2)14(20)17(4)9-10-18(15)13(19)11-7-5-6-8-12(11)16-3/h5-8,16H,9-10H2,1-4H3. The van der Waals surface area contributed by atoms with E-state index < -0.39 is 5.54 Å². The minimum atomic E-state index is -0.815. The van der Waals surface area contributed by atoms with Crippen LogP contribution in [-0.2, 0) is 4.79 Å². The van der Waals surface area contributed by atoms with Crippen LogP contribution in [0.15, 0.2) is 24.3 Å². The minimum absolute atomic E-state index is 0.0287. The summed E-state index contributed by atoms with van der Waals surface area (Å²) in [6.07, 6.45) is 0. The van der Waals surface area contributed by atoms with E-state index in [-0.39, 0.29) is 11.8 Å². The second kappa shape index (κ2) is 5.15. The molecule has 2 amide bonds. The van der Waals surface area contributed by atoms with Crippen molar-refractivity contribution < 1.29 is 9.59 Å². The van der Waals surface area contributed by atoms with Crippen molar-refractivity contribution in [1.29, 1.82) is 0 Å². The van der Waals surface area contributed by atoms with E-state index in [9.17, 15) is 9.59 Å². The lowest BCUT2D eigenvalue weighted by atomic mass is 9.96. The van der Waals surface area contributed by atoms with E-state index in [1.165, 1.54) is 0 Å². The molecule has 0 aliphatic carbocycles. The zero-order valence-corrected chi connectivity index (χ0v) is 12.4. The molecule has 0 bridgehead atoms. The zero-order chi connectivity index (χ0) is 14.9. The molecule has 1 saturated heterocycles. The highest BCUT2D eigenvalue weighted by atomic mass is 16.2. The van der Waals surface area contributed by atoms with Crippen LogP contribution < -0.4 is 5.32 Å². The highest BCUT2D eigenvalue weighted by Gasteiger charge is 2.43. The molecule has 0 spiro atoms. The van der Waals surface area contributed by atoms with Gasteiger partial charge in [-0.15, -0.1) is 0 Å². The van der Waals surface area contributed by atoms with E-state index in [4.69, 9.17) is 0 Å². The highest BCUT2D eigenvalue weighted by molar-refractivity contribution is 6.03. The highest BCUT2D eigenvalue weighted by Crippen LogP contribution is 2.26. The summed E-state index contributed by atoms with van der Waals surface area (Å²) in [6, 6.07) is 7.35. The van der Waals surface area contributed by atoms with Gasteiger partial charge in [0, 0.05) is 32.9 Å². The third-order valence-electron chi connectivity index (χ3n) is 3.88. The molecule has 1 aromatic rings. The molecule has 1 heterocycles. The van der Waals surface area contributed by atoms with Gasteiger partial charge in [-0.25, -0.2) is 0 Å². The van der Waals surface area contributed by atoms with Crippen LogP contribution in [0.3, 0.4) is 0 Å². The molecule has 1 N–H and O–H groups in total. The van der Waals surface area contributed by atoms with Gasteiger partial charge in [0.1, 0.15) is 5.54 Å². The van der Waals surface area contributed by atoms with Gasteiger partial charge in [-0.3, -0.25) is 9.59 Å². The monoisotopic (exact) mass is 275 g/mol. The van der Waals surface area contributed by atoms with Crippen LogP contribution in [0.25, 0.3) is 0 Å². The minimum Gasteiger partial charge on any atom is -0.387 e. The molecule has 5 nitrogen and oxygen atoms in total. The van der Waals surface area contributed by atoms with Gasteiger partial charge in [-0.05, 0) is 26.0 Å². The molecule has 1 aliphatic heterocycles. The Morgan fingerprint density at radius 3 is 2.55 bits per heavy atom. The number of rotatable bonds is 2. The fraction of sp³-hybridized carbons (Fsp3) is 0.467. The molecule has 0 saturated carbocycles. The fourth-order valence-electron chi connectivity index (χ4n) is 2.60. The molecule has 1 aromatic carbocycles. The van der Waals surface area contributed by atoms with Gasteiger partial charge in [-0.2, -0.15) is 0 Å². The number of hydrogen-bond acceptors (Lipinski definition) is 3. The van der Waals surface area contributed by atoms with Crippen molar-refractivity contribution in [2.75, 3.05) is 32.5 Å². The van der Waals surface area contributed by atoms with Crippen molar-refractivity contribution in [2.24, 2.45) is 0 Å². The van der Waals surface area contributed by atoms with Gasteiger partial charge in [0.25, 0.3) is 5.91 Å². The molecule has 108 valence electrons. The lowest BCUT2D eigenvalue weighted by Crippen LogP contribution is -2.63. The number of amides is 2. The van der Waals surface area contributed by atoms with Crippen molar-refractivity contribution in [1.82, 2.24) is 9.80 Å². The normalized spacial score (nSPS) is 18.1. The Hall–Kier alpha value is -2.04. The molecule has 0 atom stereocenters. The van der Waals surface area contributed by atoms with E-state index in [0.29, 0.717) is 18.7 Å². The maximum atomic E-state index is 12.8. The first-order chi connectivity index (χ1) is 9.39. The SMILES string of the molecule is CNc1ccccc1C(=O)N1CCN(C)C(=O)C1(C)C. The lowest BCUT2D eigenvalue weighted by Gasteiger charge is -2.44. The summed E-state index contributed by atoms with van der Waals surface area (Å²) in [7, 11) is 3.56. The van der Waals surface area contributed by atoms with E-state index in [2.05, 4.69) is 5.32 Å². The fourth-order valence-corrected chi connectivity index (χ4v) is 2.60. The van der Waals surface area contributed by atoms with Crippen molar-refractivity contribution >= 4 is 17.5 Å². The van der Waals surface area contributed by atoms with Crippen LogP contribution in [0.1, 0.15) is 24.2 Å². The maximum absolute atomic E-state index is 12.8. The summed E-state index contributed by atoms with van der Waals surface area (Å²) in [4.78, 5) is 28.4. The Morgan fingerprint density at radius 2 is 1.90 bits per heavy atom. The summed E-state index contributed by atoms with van der Waals surface area (Å²) in [5.41, 5.74) is 0.561. The van der Waals surface area contributed by atoms with Gasteiger partial charge in [0.2, 0.25) is 5.91 Å². The predicted octanol–water partition coefficient (Wildman–Crippen LogP) is 1.42. The third-order valence-corrected chi connectivity index (χ3v) is 3.88. The van der Waals surface area contributed by atoms with Crippen molar-refractivity contribution in [3.8, 4) is 0 Å². The van der Waals surface area contributed by atoms with Gasteiger partial charge < -0.3 is 15.1 Å². The average molecular weight is 275 g/mol. The Kier molecular flexibility index (Phi) is 3.70. The number of nitrogens with one attached hydrogen (secondary N) is 1. The van der Waals surface area contributed by atoms with Crippen LogP contribution in [0, 0.1) is 0 Å². The second-order valence-electron chi connectivity index (χ2n) is 5.54. The number of carbonyl (C=O) groups is 2. The maximum Gasteiger partial charge on any atom is 0.256 e. The molecule has 20 heavy (non-hydrogen) atoms. The molecule has 1 aliphatic rings. The quantitative estimate of drug-likeness (QED) is 0.888. The van der Waals surface area contributed by atoms with Crippen LogP contribution in [0.2, 0.25) is 0 Å².